The fourth-order valence-corrected chi connectivity index (χ4v) is 9.41. The van der Waals surface area contributed by atoms with E-state index in [4.69, 9.17) is 9.47 Å². The number of amides is 2. The maximum absolute atomic E-state index is 16.2. The maximum atomic E-state index is 16.2. The van der Waals surface area contributed by atoms with Crippen LogP contribution in [0.5, 0.6) is 11.5 Å². The fraction of sp³-hybridized carbons (Fsp3) is 0.128. The molecule has 6 aromatic carbocycles. The molecule has 2 amide bonds. The van der Waals surface area contributed by atoms with Gasteiger partial charge in [0.1, 0.15) is 11.5 Å². The van der Waals surface area contributed by atoms with E-state index in [-0.39, 0.29) is 5.78 Å². The molecule has 6 aromatic rings. The number of carbonyl (C=O) groups is 3. The van der Waals surface area contributed by atoms with E-state index in [0.717, 1.165) is 22.3 Å². The van der Waals surface area contributed by atoms with Gasteiger partial charge in [-0.25, -0.2) is 4.90 Å². The highest BCUT2D eigenvalue weighted by Gasteiger charge is 2.82. The number of hydrogen-bond acceptors (Lipinski definition) is 5. The maximum Gasteiger partial charge on any atom is 0.239 e. The van der Waals surface area contributed by atoms with Crippen molar-refractivity contribution in [3.63, 3.8) is 0 Å². The Kier molecular flexibility index (Phi) is 7.52. The van der Waals surface area contributed by atoms with Crippen molar-refractivity contribution in [3.05, 3.63) is 186 Å². The number of carbonyl (C=O) groups excluding carboxylic acids is 3. The fourth-order valence-electron chi connectivity index (χ4n) is 9.41. The number of Topliss-reactive ketones (excluding diaryl/α,β-unsaturated/α-hetero) is 1. The largest absolute Gasteiger partial charge is 0.497 e. The Bertz CT molecular complexity index is 2290. The summed E-state index contributed by atoms with van der Waals surface area (Å²) >= 11 is 0. The summed E-state index contributed by atoms with van der Waals surface area (Å²) in [6.07, 6.45) is 0. The molecule has 1 aliphatic heterocycles. The normalized spacial score (nSPS) is 23.1. The number of rotatable bonds is 8. The summed E-state index contributed by atoms with van der Waals surface area (Å²) in [4.78, 5) is 48.7. The van der Waals surface area contributed by atoms with Crippen LogP contribution < -0.4 is 14.4 Å². The Balaban J connectivity index is 1.41. The van der Waals surface area contributed by atoms with Crippen LogP contribution in [0.1, 0.15) is 22.3 Å². The SMILES string of the molecule is COc1ccc(C2=C(c3ccc(OC)cc3)[C@@]3(c4ccccc4)C(=O)[C@@]2(c2ccccc2)[C@@H]2C(=O)N(c4ccccc4-c4ccccc4)C(=O)[C@H]23)cc1. The molecule has 0 spiro atoms. The summed E-state index contributed by atoms with van der Waals surface area (Å²) in [5, 5.41) is 0. The van der Waals surface area contributed by atoms with Crippen molar-refractivity contribution in [1.82, 2.24) is 0 Å². The third-order valence-corrected chi connectivity index (χ3v) is 11.4. The molecule has 0 N–H and O–H groups in total. The van der Waals surface area contributed by atoms with E-state index in [2.05, 4.69) is 0 Å². The van der Waals surface area contributed by atoms with E-state index >= 15 is 14.4 Å². The molecule has 4 atom stereocenters. The highest BCUT2D eigenvalue weighted by Crippen LogP contribution is 2.74. The summed E-state index contributed by atoms with van der Waals surface area (Å²) in [5.74, 6) is -1.70. The molecule has 6 nitrogen and oxygen atoms in total. The number of nitrogens with zero attached hydrogens (tertiary/aromatic N) is 1. The molecule has 0 radical (unpaired) electrons. The van der Waals surface area contributed by atoms with Gasteiger partial charge < -0.3 is 9.47 Å². The number of hydrogen-bond donors (Lipinski definition) is 0. The average Bonchev–Trinajstić information content (AvgIpc) is 3.74. The van der Waals surface area contributed by atoms with Crippen molar-refractivity contribution in [2.45, 2.75) is 10.8 Å². The number of ether oxygens (including phenoxy) is 2. The first kappa shape index (κ1) is 32.4. The molecule has 0 aromatic heterocycles. The monoisotopic (exact) mass is 693 g/mol. The minimum absolute atomic E-state index is 0.174. The van der Waals surface area contributed by atoms with Gasteiger partial charge in [-0.3, -0.25) is 14.4 Å². The Labute approximate surface area is 307 Å². The molecule has 2 bridgehead atoms. The minimum Gasteiger partial charge on any atom is -0.497 e. The van der Waals surface area contributed by atoms with Gasteiger partial charge in [0, 0.05) is 5.56 Å². The van der Waals surface area contributed by atoms with Gasteiger partial charge in [-0.2, -0.15) is 0 Å². The summed E-state index contributed by atoms with van der Waals surface area (Å²) in [6, 6.07) is 51.7. The highest BCUT2D eigenvalue weighted by atomic mass is 16.5. The Morgan fingerprint density at radius 2 is 0.849 bits per heavy atom. The van der Waals surface area contributed by atoms with E-state index in [1.54, 1.807) is 14.2 Å². The van der Waals surface area contributed by atoms with Gasteiger partial charge in [-0.1, -0.05) is 133 Å². The zero-order valence-corrected chi connectivity index (χ0v) is 29.2. The number of ketones is 1. The molecule has 53 heavy (non-hydrogen) atoms. The van der Waals surface area contributed by atoms with E-state index in [9.17, 15) is 0 Å². The standard InChI is InChI=1S/C47H35NO5/c1-52-35-26-22-31(23-27-35)39-40(32-24-28-36(53-2)29-25-32)47(34-18-10-5-11-19-34)42-41(46(39,45(47)51)33-16-8-4-9-17-33)43(49)48(44(42)50)38-21-13-12-20-37(38)30-14-6-3-7-15-30/h3-29,41-42H,1-2H3/t41-,42-,46+,47+/m0/s1. The van der Waals surface area contributed by atoms with Crippen molar-refractivity contribution in [2.24, 2.45) is 11.8 Å². The van der Waals surface area contributed by atoms with Crippen LogP contribution in [0.2, 0.25) is 0 Å². The lowest BCUT2D eigenvalue weighted by molar-refractivity contribution is -0.130. The average molecular weight is 694 g/mol. The predicted molar refractivity (Wildman–Crippen MR) is 205 cm³/mol. The number of benzene rings is 6. The zero-order valence-electron chi connectivity index (χ0n) is 29.2. The van der Waals surface area contributed by atoms with Gasteiger partial charge in [-0.05, 0) is 69.3 Å². The third kappa shape index (κ3) is 4.35. The van der Waals surface area contributed by atoms with Gasteiger partial charge in [0.2, 0.25) is 11.8 Å². The number of allylic oxidation sites excluding steroid dienone is 2. The molecule has 3 aliphatic rings. The molecule has 258 valence electrons. The van der Waals surface area contributed by atoms with Gasteiger partial charge in [0.05, 0.1) is 42.6 Å². The third-order valence-electron chi connectivity index (χ3n) is 11.4. The summed E-state index contributed by atoms with van der Waals surface area (Å²) in [6.45, 7) is 0. The van der Waals surface area contributed by atoms with Crippen LogP contribution in [0.4, 0.5) is 5.69 Å². The molecule has 6 heteroatoms. The molecule has 2 aliphatic carbocycles. The quantitative estimate of drug-likeness (QED) is 0.150. The lowest BCUT2D eigenvalue weighted by Crippen LogP contribution is -2.45. The topological polar surface area (TPSA) is 72.9 Å². The predicted octanol–water partition coefficient (Wildman–Crippen LogP) is 8.56. The van der Waals surface area contributed by atoms with Crippen LogP contribution in [0.25, 0.3) is 22.3 Å². The van der Waals surface area contributed by atoms with Crippen molar-refractivity contribution < 1.29 is 23.9 Å². The van der Waals surface area contributed by atoms with Crippen LogP contribution in [-0.2, 0) is 25.2 Å². The van der Waals surface area contributed by atoms with Gasteiger partial charge in [0.15, 0.2) is 5.78 Å². The Morgan fingerprint density at radius 1 is 0.453 bits per heavy atom. The molecular formula is C47H35NO5. The minimum atomic E-state index is -1.52. The first-order valence-electron chi connectivity index (χ1n) is 17.7. The van der Waals surface area contributed by atoms with Crippen LogP contribution in [0, 0.1) is 11.8 Å². The number of para-hydroxylation sites is 1. The second-order valence-corrected chi connectivity index (χ2v) is 13.7. The molecule has 1 saturated carbocycles. The number of anilines is 1. The Hall–Kier alpha value is -6.53. The highest BCUT2D eigenvalue weighted by molar-refractivity contribution is 6.39. The van der Waals surface area contributed by atoms with E-state index in [1.807, 2.05) is 164 Å². The summed E-state index contributed by atoms with van der Waals surface area (Å²) < 4.78 is 11.1. The summed E-state index contributed by atoms with van der Waals surface area (Å²) in [5.41, 5.74) is 3.42. The molecule has 0 unspecified atom stereocenters. The van der Waals surface area contributed by atoms with Crippen LogP contribution >= 0.6 is 0 Å². The van der Waals surface area contributed by atoms with Gasteiger partial charge in [-0.15, -0.1) is 0 Å². The molecule has 1 saturated heterocycles. The van der Waals surface area contributed by atoms with Crippen molar-refractivity contribution in [2.75, 3.05) is 19.1 Å². The smallest absolute Gasteiger partial charge is 0.239 e. The van der Waals surface area contributed by atoms with Crippen molar-refractivity contribution in [3.8, 4) is 22.6 Å². The van der Waals surface area contributed by atoms with E-state index in [1.165, 1.54) is 4.90 Å². The molecular weight excluding hydrogens is 659 g/mol. The van der Waals surface area contributed by atoms with E-state index in [0.29, 0.717) is 39.5 Å². The molecule has 9 rings (SSSR count). The number of imide groups is 1. The second-order valence-electron chi connectivity index (χ2n) is 13.7. The van der Waals surface area contributed by atoms with Gasteiger partial charge in [0.25, 0.3) is 0 Å². The van der Waals surface area contributed by atoms with Crippen LogP contribution in [0.3, 0.4) is 0 Å². The lowest BCUT2D eigenvalue weighted by atomic mass is 9.59. The molecule has 2 fully saturated rings. The Morgan fingerprint density at radius 3 is 1.28 bits per heavy atom. The first-order chi connectivity index (χ1) is 26.0. The second kappa shape index (κ2) is 12.3. The van der Waals surface area contributed by atoms with Crippen LogP contribution in [0.15, 0.2) is 164 Å². The first-order valence-corrected chi connectivity index (χ1v) is 17.7. The summed E-state index contributed by atoms with van der Waals surface area (Å²) in [7, 11) is 3.23. The molecule has 1 heterocycles. The lowest BCUT2D eigenvalue weighted by Gasteiger charge is -2.39. The number of methoxy groups -OCH3 is 2. The van der Waals surface area contributed by atoms with Crippen molar-refractivity contribution in [1.29, 1.82) is 0 Å². The zero-order chi connectivity index (χ0) is 36.3. The van der Waals surface area contributed by atoms with E-state index < -0.39 is 34.5 Å². The van der Waals surface area contributed by atoms with Crippen molar-refractivity contribution >= 4 is 34.4 Å². The van der Waals surface area contributed by atoms with Gasteiger partial charge >= 0.3 is 0 Å². The number of fused-ring (bicyclic) bond motifs is 5. The van der Waals surface area contributed by atoms with Crippen LogP contribution in [-0.4, -0.2) is 31.8 Å².